The molecule has 0 radical (unpaired) electrons. The Morgan fingerprint density at radius 1 is 1.55 bits per heavy atom. The standard InChI is InChI=1S/C14H19BrN2O3/c1-9(20-13-5-3-2-4-11(13)15)14(19)17-7-10-6-16-8-12(10)18/h2-5,9-10,12,16,18H,6-8H2,1H3,(H,17,19). The average molecular weight is 343 g/mol. The first-order chi connectivity index (χ1) is 9.58. The monoisotopic (exact) mass is 342 g/mol. The molecule has 6 heteroatoms. The number of aliphatic hydroxyl groups excluding tert-OH is 1. The largest absolute Gasteiger partial charge is 0.480 e. The first-order valence-corrected chi connectivity index (χ1v) is 7.45. The first kappa shape index (κ1) is 15.3. The van der Waals surface area contributed by atoms with Gasteiger partial charge >= 0.3 is 0 Å². The summed E-state index contributed by atoms with van der Waals surface area (Å²) >= 11 is 3.38. The molecule has 0 aromatic heterocycles. The van der Waals surface area contributed by atoms with Crippen molar-refractivity contribution in [3.8, 4) is 5.75 Å². The summed E-state index contributed by atoms with van der Waals surface area (Å²) in [5.41, 5.74) is 0. The highest BCUT2D eigenvalue weighted by atomic mass is 79.9. The van der Waals surface area contributed by atoms with Crippen molar-refractivity contribution in [2.75, 3.05) is 19.6 Å². The summed E-state index contributed by atoms with van der Waals surface area (Å²) in [5.74, 6) is 0.521. The van der Waals surface area contributed by atoms with Gasteiger partial charge < -0.3 is 20.5 Å². The van der Waals surface area contributed by atoms with Gasteiger partial charge in [-0.15, -0.1) is 0 Å². The van der Waals surface area contributed by atoms with Crippen molar-refractivity contribution in [2.45, 2.75) is 19.1 Å². The lowest BCUT2D eigenvalue weighted by Crippen LogP contribution is -2.41. The van der Waals surface area contributed by atoms with Crippen LogP contribution in [0.5, 0.6) is 5.75 Å². The predicted molar refractivity (Wildman–Crippen MR) is 79.6 cm³/mol. The summed E-state index contributed by atoms with van der Waals surface area (Å²) in [5, 5.41) is 15.6. The van der Waals surface area contributed by atoms with Crippen LogP contribution in [-0.4, -0.2) is 42.9 Å². The van der Waals surface area contributed by atoms with E-state index in [9.17, 15) is 9.90 Å². The van der Waals surface area contributed by atoms with Crippen molar-refractivity contribution in [1.29, 1.82) is 0 Å². The molecule has 3 atom stereocenters. The maximum atomic E-state index is 12.0. The van der Waals surface area contributed by atoms with Crippen LogP contribution in [0.1, 0.15) is 6.92 Å². The number of rotatable bonds is 5. The van der Waals surface area contributed by atoms with Crippen LogP contribution >= 0.6 is 15.9 Å². The number of hydrogen-bond acceptors (Lipinski definition) is 4. The lowest BCUT2D eigenvalue weighted by atomic mass is 10.1. The Kier molecular flexibility index (Phi) is 5.39. The normalized spacial score (nSPS) is 23.4. The molecule has 20 heavy (non-hydrogen) atoms. The summed E-state index contributed by atoms with van der Waals surface area (Å²) in [6.07, 6.45) is -0.977. The van der Waals surface area contributed by atoms with E-state index in [4.69, 9.17) is 4.74 Å². The van der Waals surface area contributed by atoms with Gasteiger partial charge in [0.1, 0.15) is 5.75 Å². The van der Waals surface area contributed by atoms with Crippen LogP contribution in [0.3, 0.4) is 0 Å². The molecule has 1 fully saturated rings. The summed E-state index contributed by atoms with van der Waals surface area (Å²) in [6, 6.07) is 7.40. The van der Waals surface area contributed by atoms with Crippen molar-refractivity contribution < 1.29 is 14.6 Å². The zero-order chi connectivity index (χ0) is 14.5. The molecule has 1 aliphatic rings. The van der Waals surface area contributed by atoms with Gasteiger partial charge in [0.25, 0.3) is 5.91 Å². The van der Waals surface area contributed by atoms with E-state index in [1.165, 1.54) is 0 Å². The number of hydrogen-bond donors (Lipinski definition) is 3. The van der Waals surface area contributed by atoms with Gasteiger partial charge in [0.2, 0.25) is 0 Å². The van der Waals surface area contributed by atoms with E-state index in [1.807, 2.05) is 18.2 Å². The van der Waals surface area contributed by atoms with Crippen LogP contribution in [0.4, 0.5) is 0 Å². The van der Waals surface area contributed by atoms with Crippen LogP contribution < -0.4 is 15.4 Å². The summed E-state index contributed by atoms with van der Waals surface area (Å²) < 4.78 is 6.43. The molecule has 3 unspecified atom stereocenters. The molecule has 0 saturated carbocycles. The Balaban J connectivity index is 1.81. The van der Waals surface area contributed by atoms with Gasteiger partial charge in [-0.1, -0.05) is 12.1 Å². The molecule has 0 aliphatic carbocycles. The fraction of sp³-hybridized carbons (Fsp3) is 0.500. The van der Waals surface area contributed by atoms with Gasteiger partial charge in [0, 0.05) is 25.6 Å². The zero-order valence-corrected chi connectivity index (χ0v) is 12.9. The number of aliphatic hydroxyl groups is 1. The van der Waals surface area contributed by atoms with E-state index >= 15 is 0 Å². The third-order valence-corrected chi connectivity index (χ3v) is 4.01. The maximum absolute atomic E-state index is 12.0. The molecular weight excluding hydrogens is 324 g/mol. The number of benzene rings is 1. The van der Waals surface area contributed by atoms with Crippen LogP contribution in [0.15, 0.2) is 28.7 Å². The minimum atomic E-state index is -0.583. The molecule has 1 saturated heterocycles. The Bertz CT molecular complexity index is 469. The smallest absolute Gasteiger partial charge is 0.260 e. The number of carbonyl (C=O) groups excluding carboxylic acids is 1. The molecule has 1 amide bonds. The van der Waals surface area contributed by atoms with Gasteiger partial charge in [-0.3, -0.25) is 4.79 Å². The molecule has 0 spiro atoms. The van der Waals surface area contributed by atoms with Crippen molar-refractivity contribution >= 4 is 21.8 Å². The van der Waals surface area contributed by atoms with Gasteiger partial charge in [-0.25, -0.2) is 0 Å². The quantitative estimate of drug-likeness (QED) is 0.743. The summed E-state index contributed by atoms with van der Waals surface area (Å²) in [4.78, 5) is 12.0. The number of β-amino-alcohol motifs (C(OH)–C–C–N with tert-alkyl or cyclic N) is 1. The van der Waals surface area contributed by atoms with E-state index in [2.05, 4.69) is 26.6 Å². The predicted octanol–water partition coefficient (Wildman–Crippen LogP) is 0.913. The van der Waals surface area contributed by atoms with Gasteiger partial charge in [-0.2, -0.15) is 0 Å². The van der Waals surface area contributed by atoms with Crippen LogP contribution in [0.2, 0.25) is 0 Å². The highest BCUT2D eigenvalue weighted by Crippen LogP contribution is 2.24. The van der Waals surface area contributed by atoms with Crippen LogP contribution in [-0.2, 0) is 4.79 Å². The maximum Gasteiger partial charge on any atom is 0.260 e. The molecular formula is C14H19BrN2O3. The average Bonchev–Trinajstić information content (AvgIpc) is 2.84. The number of ether oxygens (including phenoxy) is 1. The molecule has 0 bridgehead atoms. The SMILES string of the molecule is CC(Oc1ccccc1Br)C(=O)NCC1CNCC1O. The van der Waals surface area contributed by atoms with E-state index in [-0.39, 0.29) is 11.8 Å². The number of halogens is 1. The fourth-order valence-corrected chi connectivity index (χ4v) is 2.47. The van der Waals surface area contributed by atoms with Crippen molar-refractivity contribution in [1.82, 2.24) is 10.6 Å². The fourth-order valence-electron chi connectivity index (χ4n) is 2.09. The van der Waals surface area contributed by atoms with Gasteiger partial charge in [0.05, 0.1) is 10.6 Å². The van der Waals surface area contributed by atoms with E-state index in [0.29, 0.717) is 18.8 Å². The summed E-state index contributed by atoms with van der Waals surface area (Å²) in [7, 11) is 0. The second-order valence-electron chi connectivity index (χ2n) is 4.92. The Hall–Kier alpha value is -1.11. The lowest BCUT2D eigenvalue weighted by molar-refractivity contribution is -0.127. The molecule has 1 aromatic rings. The van der Waals surface area contributed by atoms with Crippen LogP contribution in [0.25, 0.3) is 0 Å². The van der Waals surface area contributed by atoms with Gasteiger partial charge in [0.15, 0.2) is 6.10 Å². The summed E-state index contributed by atoms with van der Waals surface area (Å²) in [6.45, 7) is 3.47. The molecule has 3 N–H and O–H groups in total. The number of nitrogens with one attached hydrogen (secondary N) is 2. The molecule has 110 valence electrons. The lowest BCUT2D eigenvalue weighted by Gasteiger charge is -2.18. The highest BCUT2D eigenvalue weighted by molar-refractivity contribution is 9.10. The third kappa shape index (κ3) is 3.94. The first-order valence-electron chi connectivity index (χ1n) is 6.65. The number of carbonyl (C=O) groups is 1. The molecule has 1 aromatic carbocycles. The Morgan fingerprint density at radius 3 is 2.95 bits per heavy atom. The van der Waals surface area contributed by atoms with Crippen molar-refractivity contribution in [2.24, 2.45) is 5.92 Å². The molecule has 2 rings (SSSR count). The third-order valence-electron chi connectivity index (χ3n) is 3.35. The van der Waals surface area contributed by atoms with Gasteiger partial charge in [-0.05, 0) is 35.0 Å². The molecule has 1 aliphatic heterocycles. The highest BCUT2D eigenvalue weighted by Gasteiger charge is 2.26. The molecule has 1 heterocycles. The van der Waals surface area contributed by atoms with E-state index < -0.39 is 12.2 Å². The Morgan fingerprint density at radius 2 is 2.30 bits per heavy atom. The topological polar surface area (TPSA) is 70.6 Å². The van der Waals surface area contributed by atoms with Crippen molar-refractivity contribution in [3.05, 3.63) is 28.7 Å². The minimum absolute atomic E-state index is 0.0645. The zero-order valence-electron chi connectivity index (χ0n) is 11.3. The van der Waals surface area contributed by atoms with Crippen molar-refractivity contribution in [3.63, 3.8) is 0 Å². The minimum Gasteiger partial charge on any atom is -0.480 e. The van der Waals surface area contributed by atoms with E-state index in [0.717, 1.165) is 11.0 Å². The second-order valence-corrected chi connectivity index (χ2v) is 5.78. The van der Waals surface area contributed by atoms with Crippen LogP contribution in [0, 0.1) is 5.92 Å². The number of para-hydroxylation sites is 1. The van der Waals surface area contributed by atoms with E-state index in [1.54, 1.807) is 13.0 Å². The Labute approximate surface area is 126 Å². The molecule has 5 nitrogen and oxygen atoms in total. The second kappa shape index (κ2) is 7.06. The number of amides is 1.